The Morgan fingerprint density at radius 3 is 2.76 bits per heavy atom. The molecule has 5 nitrogen and oxygen atoms in total. The zero-order chi connectivity index (χ0) is 15.6. The number of halogens is 1. The second-order valence-electron chi connectivity index (χ2n) is 5.38. The highest BCUT2D eigenvalue weighted by Crippen LogP contribution is 2.24. The van der Waals surface area contributed by atoms with Crippen LogP contribution in [0.1, 0.15) is 36.5 Å². The number of likely N-dealkylation sites (tertiary alicyclic amines) is 1. The van der Waals surface area contributed by atoms with Crippen molar-refractivity contribution >= 4 is 15.9 Å². The van der Waals surface area contributed by atoms with E-state index >= 15 is 0 Å². The van der Waals surface area contributed by atoms with Crippen molar-refractivity contribution in [2.24, 2.45) is 11.1 Å². The molecule has 7 heteroatoms. The Morgan fingerprint density at radius 2 is 2.19 bits per heavy atom. The molecule has 0 spiro atoms. The van der Waals surface area contributed by atoms with E-state index in [1.54, 1.807) is 4.90 Å². The van der Waals surface area contributed by atoms with E-state index in [1.165, 1.54) is 6.07 Å². The smallest absolute Gasteiger partial charge is 0.256 e. The fourth-order valence-corrected chi connectivity index (χ4v) is 3.20. The first-order chi connectivity index (χ1) is 9.82. The van der Waals surface area contributed by atoms with Gasteiger partial charge in [0.05, 0.1) is 10.5 Å². The highest BCUT2D eigenvalue weighted by molar-refractivity contribution is 7.89. The van der Waals surface area contributed by atoms with Gasteiger partial charge in [-0.15, -0.1) is 0 Å². The van der Waals surface area contributed by atoms with Crippen molar-refractivity contribution in [1.29, 1.82) is 0 Å². The molecule has 1 aromatic rings. The standard InChI is InChI=1S/C14H19FN2O3S/c1-2-3-10-6-7-17(9-10)14(18)12-5-4-11(8-13(12)15)21(16,19)20/h4-5,8,10H,2-3,6-7,9H2,1H3,(H2,16,19,20). The molecule has 1 saturated heterocycles. The Labute approximate surface area is 124 Å². The zero-order valence-corrected chi connectivity index (χ0v) is 12.7. The lowest BCUT2D eigenvalue weighted by atomic mass is 10.0. The van der Waals surface area contributed by atoms with Crippen LogP contribution in [0.15, 0.2) is 23.1 Å². The number of hydrogen-bond donors (Lipinski definition) is 1. The third-order valence-electron chi connectivity index (χ3n) is 3.77. The summed E-state index contributed by atoms with van der Waals surface area (Å²) in [4.78, 5) is 13.6. The zero-order valence-electron chi connectivity index (χ0n) is 11.9. The average molecular weight is 314 g/mol. The lowest BCUT2D eigenvalue weighted by Gasteiger charge is -2.17. The first kappa shape index (κ1) is 15.9. The second kappa shape index (κ2) is 6.11. The summed E-state index contributed by atoms with van der Waals surface area (Å²) in [5.74, 6) is -0.789. The van der Waals surface area contributed by atoms with Gasteiger partial charge in [-0.05, 0) is 37.0 Å². The van der Waals surface area contributed by atoms with Crippen molar-refractivity contribution in [1.82, 2.24) is 4.90 Å². The van der Waals surface area contributed by atoms with Crippen LogP contribution in [-0.2, 0) is 10.0 Å². The van der Waals surface area contributed by atoms with Crippen molar-refractivity contribution < 1.29 is 17.6 Å². The Hall–Kier alpha value is -1.47. The number of carbonyl (C=O) groups is 1. The van der Waals surface area contributed by atoms with E-state index in [2.05, 4.69) is 6.92 Å². The number of primary sulfonamides is 1. The van der Waals surface area contributed by atoms with Gasteiger partial charge in [0, 0.05) is 13.1 Å². The molecule has 1 fully saturated rings. The minimum atomic E-state index is -3.97. The van der Waals surface area contributed by atoms with Gasteiger partial charge in [0.2, 0.25) is 10.0 Å². The fraction of sp³-hybridized carbons (Fsp3) is 0.500. The normalized spacial score (nSPS) is 19.0. The van der Waals surface area contributed by atoms with E-state index in [0.717, 1.165) is 31.4 Å². The largest absolute Gasteiger partial charge is 0.338 e. The molecule has 0 radical (unpaired) electrons. The average Bonchev–Trinajstić information content (AvgIpc) is 2.86. The molecule has 2 rings (SSSR count). The van der Waals surface area contributed by atoms with Gasteiger partial charge < -0.3 is 4.90 Å². The van der Waals surface area contributed by atoms with Crippen molar-refractivity contribution in [2.45, 2.75) is 31.1 Å². The van der Waals surface area contributed by atoms with Crippen LogP contribution in [0.4, 0.5) is 4.39 Å². The number of benzene rings is 1. The summed E-state index contributed by atoms with van der Waals surface area (Å²) in [6.07, 6.45) is 3.04. The lowest BCUT2D eigenvalue weighted by molar-refractivity contribution is 0.0781. The molecule has 1 atom stereocenters. The number of nitrogens with two attached hydrogens (primary N) is 1. The van der Waals surface area contributed by atoms with Gasteiger partial charge in [-0.25, -0.2) is 17.9 Å². The molecule has 0 saturated carbocycles. The van der Waals surface area contributed by atoms with Crippen LogP contribution < -0.4 is 5.14 Å². The third kappa shape index (κ3) is 3.59. The summed E-state index contributed by atoms with van der Waals surface area (Å²) in [7, 11) is -3.97. The van der Waals surface area contributed by atoms with Crippen molar-refractivity contribution in [3.05, 3.63) is 29.6 Å². The number of nitrogens with zero attached hydrogens (tertiary/aromatic N) is 1. The van der Waals surface area contributed by atoms with Crippen molar-refractivity contribution in [3.8, 4) is 0 Å². The number of hydrogen-bond acceptors (Lipinski definition) is 3. The SMILES string of the molecule is CCCC1CCN(C(=O)c2ccc(S(N)(=O)=O)cc2F)C1. The maximum atomic E-state index is 14.0. The van der Waals surface area contributed by atoms with Crippen LogP contribution in [0.3, 0.4) is 0 Å². The van der Waals surface area contributed by atoms with Crippen LogP contribution in [0.25, 0.3) is 0 Å². The minimum absolute atomic E-state index is 0.112. The molecule has 1 aromatic carbocycles. The molecule has 0 bridgehead atoms. The van der Waals surface area contributed by atoms with Crippen LogP contribution in [0, 0.1) is 11.7 Å². The molecule has 1 heterocycles. The van der Waals surface area contributed by atoms with Gasteiger partial charge >= 0.3 is 0 Å². The summed E-state index contributed by atoms with van der Waals surface area (Å²) in [5, 5.41) is 4.94. The summed E-state index contributed by atoms with van der Waals surface area (Å²) in [6.45, 7) is 3.33. The second-order valence-corrected chi connectivity index (χ2v) is 6.94. The van der Waals surface area contributed by atoms with Gasteiger partial charge in [-0.2, -0.15) is 0 Å². The first-order valence-electron chi connectivity index (χ1n) is 6.94. The summed E-state index contributed by atoms with van der Waals surface area (Å²) in [5.41, 5.74) is -0.112. The van der Waals surface area contributed by atoms with E-state index in [4.69, 9.17) is 5.14 Å². The monoisotopic (exact) mass is 314 g/mol. The Bertz CT molecular complexity index is 646. The van der Waals surface area contributed by atoms with Crippen LogP contribution in [0.2, 0.25) is 0 Å². The predicted molar refractivity (Wildman–Crippen MR) is 76.7 cm³/mol. The molecule has 116 valence electrons. The predicted octanol–water partition coefficient (Wildman–Crippen LogP) is 1.74. The van der Waals surface area contributed by atoms with Gasteiger partial charge in [0.1, 0.15) is 5.82 Å². The quantitative estimate of drug-likeness (QED) is 0.919. The molecule has 21 heavy (non-hydrogen) atoms. The number of amides is 1. The Kier molecular flexibility index (Phi) is 4.63. The molecule has 1 aliphatic rings. The molecule has 2 N–H and O–H groups in total. The number of sulfonamides is 1. The third-order valence-corrected chi connectivity index (χ3v) is 4.68. The van der Waals surface area contributed by atoms with Gasteiger partial charge in [-0.3, -0.25) is 4.79 Å². The van der Waals surface area contributed by atoms with Crippen LogP contribution >= 0.6 is 0 Å². The molecule has 1 amide bonds. The van der Waals surface area contributed by atoms with Gasteiger partial charge in [0.25, 0.3) is 5.91 Å². The first-order valence-corrected chi connectivity index (χ1v) is 8.49. The molecular weight excluding hydrogens is 295 g/mol. The molecule has 0 aliphatic carbocycles. The number of rotatable bonds is 4. The topological polar surface area (TPSA) is 80.5 Å². The van der Waals surface area contributed by atoms with E-state index < -0.39 is 21.7 Å². The van der Waals surface area contributed by atoms with E-state index in [0.29, 0.717) is 19.0 Å². The van der Waals surface area contributed by atoms with Crippen LogP contribution in [-0.4, -0.2) is 32.3 Å². The van der Waals surface area contributed by atoms with E-state index in [-0.39, 0.29) is 10.5 Å². The van der Waals surface area contributed by atoms with E-state index in [1.807, 2.05) is 0 Å². The Morgan fingerprint density at radius 1 is 1.48 bits per heavy atom. The van der Waals surface area contributed by atoms with Gasteiger partial charge in [-0.1, -0.05) is 13.3 Å². The summed E-state index contributed by atoms with van der Waals surface area (Å²) >= 11 is 0. The molecule has 1 aliphatic heterocycles. The van der Waals surface area contributed by atoms with Crippen molar-refractivity contribution in [2.75, 3.05) is 13.1 Å². The molecule has 0 aromatic heterocycles. The highest BCUT2D eigenvalue weighted by Gasteiger charge is 2.28. The summed E-state index contributed by atoms with van der Waals surface area (Å²) in [6, 6.07) is 3.14. The molecular formula is C14H19FN2O3S. The maximum absolute atomic E-state index is 14.0. The minimum Gasteiger partial charge on any atom is -0.338 e. The van der Waals surface area contributed by atoms with Crippen molar-refractivity contribution in [3.63, 3.8) is 0 Å². The maximum Gasteiger partial charge on any atom is 0.256 e. The highest BCUT2D eigenvalue weighted by atomic mass is 32.2. The fourth-order valence-electron chi connectivity index (χ4n) is 2.68. The number of carbonyl (C=O) groups excluding carboxylic acids is 1. The van der Waals surface area contributed by atoms with Gasteiger partial charge in [0.15, 0.2) is 0 Å². The van der Waals surface area contributed by atoms with Crippen LogP contribution in [0.5, 0.6) is 0 Å². The van der Waals surface area contributed by atoms with E-state index in [9.17, 15) is 17.6 Å². The lowest BCUT2D eigenvalue weighted by Crippen LogP contribution is -2.29. The molecule has 1 unspecified atom stereocenters. The Balaban J connectivity index is 2.17. The summed E-state index contributed by atoms with van der Waals surface area (Å²) < 4.78 is 36.3.